The molecule has 4 aromatic rings. The number of nitrogens with zero attached hydrogens (tertiary/aromatic N) is 4. The summed E-state index contributed by atoms with van der Waals surface area (Å²) in [6, 6.07) is 14.2. The fourth-order valence-corrected chi connectivity index (χ4v) is 3.32. The highest BCUT2D eigenvalue weighted by Gasteiger charge is 2.18. The molecule has 0 aliphatic rings. The number of rotatable bonds is 6. The number of fused-ring (bicyclic) bond motifs is 1. The lowest BCUT2D eigenvalue weighted by Gasteiger charge is -2.06. The molecule has 0 fully saturated rings. The number of hydrogen-bond donors (Lipinski definition) is 1. The molecule has 1 aromatic heterocycles. The van der Waals surface area contributed by atoms with Gasteiger partial charge >= 0.3 is 5.69 Å². The molecule has 0 unspecified atom stereocenters. The summed E-state index contributed by atoms with van der Waals surface area (Å²) < 4.78 is 10.1. The second-order valence-corrected chi connectivity index (χ2v) is 7.02. The average Bonchev–Trinajstić information content (AvgIpc) is 3.22. The van der Waals surface area contributed by atoms with Crippen LogP contribution in [0.25, 0.3) is 16.7 Å². The van der Waals surface area contributed by atoms with Crippen LogP contribution < -0.4 is 14.8 Å². The van der Waals surface area contributed by atoms with Gasteiger partial charge < -0.3 is 14.8 Å². The first-order valence-corrected chi connectivity index (χ1v) is 9.62. The van der Waals surface area contributed by atoms with Gasteiger partial charge in [-0.05, 0) is 48.5 Å². The minimum atomic E-state index is -0.606. The Labute approximate surface area is 186 Å². The van der Waals surface area contributed by atoms with E-state index >= 15 is 0 Å². The van der Waals surface area contributed by atoms with E-state index in [1.807, 2.05) is 0 Å². The fraction of sp³-hybridized carbons (Fsp3) is 0.0952. The number of aromatic nitrogens is 3. The normalized spacial score (nSPS) is 10.7. The van der Waals surface area contributed by atoms with Crippen molar-refractivity contribution in [1.82, 2.24) is 15.0 Å². The quantitative estimate of drug-likeness (QED) is 0.342. The molecule has 0 aliphatic carbocycles. The first-order chi connectivity index (χ1) is 15.4. The molecule has 10 nitrogen and oxygen atoms in total. The van der Waals surface area contributed by atoms with E-state index in [1.54, 1.807) is 36.4 Å². The molecule has 0 radical (unpaired) electrons. The third-order valence-electron chi connectivity index (χ3n) is 4.64. The zero-order valence-corrected chi connectivity index (χ0v) is 17.7. The number of anilines is 1. The summed E-state index contributed by atoms with van der Waals surface area (Å²) in [6.07, 6.45) is 0. The molecule has 0 saturated heterocycles. The van der Waals surface area contributed by atoms with Gasteiger partial charge in [-0.1, -0.05) is 11.6 Å². The van der Waals surface area contributed by atoms with E-state index in [1.165, 1.54) is 31.1 Å². The maximum atomic E-state index is 12.6. The van der Waals surface area contributed by atoms with Crippen LogP contribution in [0.4, 0.5) is 11.4 Å². The number of amides is 1. The van der Waals surface area contributed by atoms with Gasteiger partial charge in [0.15, 0.2) is 5.75 Å². The molecule has 11 heteroatoms. The van der Waals surface area contributed by atoms with E-state index in [-0.39, 0.29) is 17.0 Å². The van der Waals surface area contributed by atoms with Crippen molar-refractivity contribution < 1.29 is 19.2 Å². The van der Waals surface area contributed by atoms with Gasteiger partial charge in [0, 0.05) is 17.3 Å². The van der Waals surface area contributed by atoms with Gasteiger partial charge in [0.05, 0.1) is 29.9 Å². The first-order valence-electron chi connectivity index (χ1n) is 9.24. The summed E-state index contributed by atoms with van der Waals surface area (Å²) in [5.74, 6) is 0.101. The summed E-state index contributed by atoms with van der Waals surface area (Å²) in [7, 11) is 2.85. The molecule has 32 heavy (non-hydrogen) atoms. The molecule has 1 heterocycles. The van der Waals surface area contributed by atoms with Gasteiger partial charge in [-0.15, -0.1) is 10.2 Å². The largest absolute Gasteiger partial charge is 0.495 e. The van der Waals surface area contributed by atoms with Crippen LogP contribution in [-0.2, 0) is 0 Å². The number of carbonyl (C=O) groups excluding carboxylic acids is 1. The highest BCUT2D eigenvalue weighted by atomic mass is 35.5. The van der Waals surface area contributed by atoms with Gasteiger partial charge in [0.2, 0.25) is 0 Å². The van der Waals surface area contributed by atoms with Gasteiger partial charge in [0.1, 0.15) is 16.8 Å². The highest BCUT2D eigenvalue weighted by molar-refractivity contribution is 6.32. The van der Waals surface area contributed by atoms with Crippen molar-refractivity contribution in [3.8, 4) is 17.2 Å². The van der Waals surface area contributed by atoms with Crippen LogP contribution in [0.1, 0.15) is 10.4 Å². The SMILES string of the molecule is COc1ccc(-n2nc3ccc(NC(=O)c4ccc(OC)c([N+](=O)[O-])c4)cc3n2)cc1Cl. The molecule has 1 amide bonds. The fourth-order valence-electron chi connectivity index (χ4n) is 3.06. The number of methoxy groups -OCH3 is 2. The molecule has 0 saturated carbocycles. The molecule has 0 aliphatic heterocycles. The molecule has 0 bridgehead atoms. The molecule has 162 valence electrons. The molecule has 0 atom stereocenters. The van der Waals surface area contributed by atoms with Crippen molar-refractivity contribution in [2.45, 2.75) is 0 Å². The molecule has 1 N–H and O–H groups in total. The van der Waals surface area contributed by atoms with E-state index < -0.39 is 10.8 Å². The number of halogens is 1. The Morgan fingerprint density at radius 2 is 1.72 bits per heavy atom. The third-order valence-corrected chi connectivity index (χ3v) is 4.94. The van der Waals surface area contributed by atoms with Crippen LogP contribution in [0.3, 0.4) is 0 Å². The smallest absolute Gasteiger partial charge is 0.311 e. The zero-order chi connectivity index (χ0) is 22.8. The number of hydrogen-bond acceptors (Lipinski definition) is 7. The molecular weight excluding hydrogens is 438 g/mol. The monoisotopic (exact) mass is 453 g/mol. The zero-order valence-electron chi connectivity index (χ0n) is 16.9. The standard InChI is InChI=1S/C21H16ClN5O5/c1-31-19-8-5-14(11-15(19)22)26-24-16-6-4-13(10-17(16)25-26)23-21(28)12-3-7-20(32-2)18(9-12)27(29)30/h3-11H,1-2H3,(H,23,28). The predicted octanol–water partition coefficient (Wildman–Crippen LogP) is 4.25. The second kappa shape index (κ2) is 8.52. The summed E-state index contributed by atoms with van der Waals surface area (Å²) in [5.41, 5.74) is 2.07. The number of nitrogens with one attached hydrogen (secondary N) is 1. The van der Waals surface area contributed by atoms with E-state index in [4.69, 9.17) is 21.1 Å². The molecule has 4 rings (SSSR count). The van der Waals surface area contributed by atoms with Crippen LogP contribution in [-0.4, -0.2) is 40.0 Å². The maximum absolute atomic E-state index is 12.6. The number of ether oxygens (including phenoxy) is 2. The van der Waals surface area contributed by atoms with Crippen molar-refractivity contribution in [3.05, 3.63) is 75.3 Å². The van der Waals surface area contributed by atoms with E-state index in [2.05, 4.69) is 15.5 Å². The minimum absolute atomic E-state index is 0.0724. The Bertz CT molecular complexity index is 1350. The van der Waals surface area contributed by atoms with Gasteiger partial charge in [0.25, 0.3) is 5.91 Å². The Kier molecular flexibility index (Phi) is 5.61. The minimum Gasteiger partial charge on any atom is -0.495 e. The van der Waals surface area contributed by atoms with E-state index in [9.17, 15) is 14.9 Å². The van der Waals surface area contributed by atoms with Crippen molar-refractivity contribution in [3.63, 3.8) is 0 Å². The Morgan fingerprint density at radius 3 is 2.41 bits per heavy atom. The molecular formula is C21H16ClN5O5. The number of nitro groups is 1. The van der Waals surface area contributed by atoms with Crippen molar-refractivity contribution >= 4 is 39.9 Å². The van der Waals surface area contributed by atoms with Crippen LogP contribution in [0.2, 0.25) is 5.02 Å². The third kappa shape index (κ3) is 4.03. The summed E-state index contributed by atoms with van der Waals surface area (Å²) in [5, 5.41) is 23.2. The maximum Gasteiger partial charge on any atom is 0.311 e. The van der Waals surface area contributed by atoms with Crippen LogP contribution in [0.5, 0.6) is 11.5 Å². The second-order valence-electron chi connectivity index (χ2n) is 6.61. The predicted molar refractivity (Wildman–Crippen MR) is 118 cm³/mol. The topological polar surface area (TPSA) is 121 Å². The highest BCUT2D eigenvalue weighted by Crippen LogP contribution is 2.29. The van der Waals surface area contributed by atoms with E-state index in [0.717, 1.165) is 6.07 Å². The average molecular weight is 454 g/mol. The first kappa shape index (κ1) is 21.1. The van der Waals surface area contributed by atoms with E-state index in [0.29, 0.717) is 33.2 Å². The van der Waals surface area contributed by atoms with Crippen molar-refractivity contribution in [2.24, 2.45) is 0 Å². The Hall–Kier alpha value is -4.18. The van der Waals surface area contributed by atoms with Crippen LogP contribution >= 0.6 is 11.6 Å². The summed E-state index contributed by atoms with van der Waals surface area (Å²) in [6.45, 7) is 0. The lowest BCUT2D eigenvalue weighted by Crippen LogP contribution is -2.12. The van der Waals surface area contributed by atoms with Crippen LogP contribution in [0, 0.1) is 10.1 Å². The van der Waals surface area contributed by atoms with Gasteiger partial charge in [-0.3, -0.25) is 14.9 Å². The number of nitro benzene ring substituents is 1. The Balaban J connectivity index is 1.59. The summed E-state index contributed by atoms with van der Waals surface area (Å²) >= 11 is 6.18. The lowest BCUT2D eigenvalue weighted by molar-refractivity contribution is -0.385. The summed E-state index contributed by atoms with van der Waals surface area (Å²) in [4.78, 5) is 24.6. The molecule has 0 spiro atoms. The van der Waals surface area contributed by atoms with Crippen molar-refractivity contribution in [1.29, 1.82) is 0 Å². The van der Waals surface area contributed by atoms with Crippen LogP contribution in [0.15, 0.2) is 54.6 Å². The lowest BCUT2D eigenvalue weighted by atomic mass is 10.1. The number of carbonyl (C=O) groups is 1. The number of benzene rings is 3. The molecule has 3 aromatic carbocycles. The van der Waals surface area contributed by atoms with Gasteiger partial charge in [-0.25, -0.2) is 0 Å². The Morgan fingerprint density at radius 1 is 1.00 bits per heavy atom. The van der Waals surface area contributed by atoms with Crippen molar-refractivity contribution in [2.75, 3.05) is 19.5 Å². The van der Waals surface area contributed by atoms with Gasteiger partial charge in [-0.2, -0.15) is 4.80 Å².